The SMILES string of the molecule is C/C=C/C.C/C=C\CC.COc1ccc(C2(O)C(=O)N(C)c3ccccc32)cc1. The molecule has 29 heavy (non-hydrogen) atoms. The number of allylic oxidation sites excluding steroid dienone is 4. The van der Waals surface area contributed by atoms with Crippen LogP contribution in [0.3, 0.4) is 0 Å². The quantitative estimate of drug-likeness (QED) is 0.702. The first kappa shape index (κ1) is 24.2. The Hall–Kier alpha value is -2.85. The highest BCUT2D eigenvalue weighted by molar-refractivity contribution is 6.08. The van der Waals surface area contributed by atoms with E-state index in [4.69, 9.17) is 4.74 Å². The number of hydrogen-bond acceptors (Lipinski definition) is 3. The van der Waals surface area contributed by atoms with Crippen molar-refractivity contribution in [3.05, 3.63) is 84.0 Å². The fourth-order valence-corrected chi connectivity index (χ4v) is 2.89. The largest absolute Gasteiger partial charge is 0.497 e. The highest BCUT2D eigenvalue weighted by Gasteiger charge is 2.49. The Morgan fingerprint density at radius 1 is 1.00 bits per heavy atom. The molecule has 0 fully saturated rings. The van der Waals surface area contributed by atoms with Gasteiger partial charge in [-0.15, -0.1) is 0 Å². The molecule has 2 aromatic carbocycles. The van der Waals surface area contributed by atoms with Crippen LogP contribution < -0.4 is 9.64 Å². The van der Waals surface area contributed by atoms with E-state index in [0.29, 0.717) is 16.9 Å². The minimum atomic E-state index is -1.63. The van der Waals surface area contributed by atoms with Gasteiger partial charge in [-0.2, -0.15) is 0 Å². The van der Waals surface area contributed by atoms with Crippen LogP contribution in [0, 0.1) is 0 Å². The lowest BCUT2D eigenvalue weighted by atomic mass is 9.87. The molecular formula is C25H33NO3. The normalized spacial score (nSPS) is 17.5. The summed E-state index contributed by atoms with van der Waals surface area (Å²) < 4.78 is 5.11. The fraction of sp³-hybridized carbons (Fsp3) is 0.320. The van der Waals surface area contributed by atoms with Crippen molar-refractivity contribution in [2.45, 2.75) is 39.7 Å². The zero-order chi connectivity index (χ0) is 21.9. The van der Waals surface area contributed by atoms with E-state index in [0.717, 1.165) is 12.1 Å². The minimum absolute atomic E-state index is 0.344. The van der Waals surface area contributed by atoms with Gasteiger partial charge in [0.05, 0.1) is 12.8 Å². The number of amides is 1. The van der Waals surface area contributed by atoms with Gasteiger partial charge in [0.2, 0.25) is 0 Å². The smallest absolute Gasteiger partial charge is 0.268 e. The Balaban J connectivity index is 0.000000396. The molecule has 1 unspecified atom stereocenters. The number of ether oxygens (including phenoxy) is 1. The number of methoxy groups -OCH3 is 1. The number of carbonyl (C=O) groups is 1. The number of aliphatic hydroxyl groups is 1. The number of hydrogen-bond donors (Lipinski definition) is 1. The summed E-state index contributed by atoms with van der Waals surface area (Å²) in [5.74, 6) is 0.341. The topological polar surface area (TPSA) is 49.8 Å². The number of para-hydroxylation sites is 1. The van der Waals surface area contributed by atoms with Gasteiger partial charge in [-0.05, 0) is 51.0 Å². The van der Waals surface area contributed by atoms with E-state index >= 15 is 0 Å². The monoisotopic (exact) mass is 395 g/mol. The van der Waals surface area contributed by atoms with Crippen molar-refractivity contribution >= 4 is 11.6 Å². The molecule has 4 heteroatoms. The average Bonchev–Trinajstić information content (AvgIpc) is 2.97. The molecule has 156 valence electrons. The third kappa shape index (κ3) is 5.58. The molecule has 1 amide bonds. The van der Waals surface area contributed by atoms with Crippen LogP contribution in [0.5, 0.6) is 5.75 Å². The molecule has 2 aromatic rings. The van der Waals surface area contributed by atoms with Crippen molar-refractivity contribution < 1.29 is 14.6 Å². The summed E-state index contributed by atoms with van der Waals surface area (Å²) in [5, 5.41) is 11.0. The van der Waals surface area contributed by atoms with Gasteiger partial charge in [-0.3, -0.25) is 4.79 Å². The summed E-state index contributed by atoms with van der Waals surface area (Å²) in [7, 11) is 3.25. The van der Waals surface area contributed by atoms with E-state index in [1.807, 2.05) is 51.1 Å². The first-order chi connectivity index (χ1) is 13.9. The number of anilines is 1. The Morgan fingerprint density at radius 3 is 2.03 bits per heavy atom. The van der Waals surface area contributed by atoms with Crippen molar-refractivity contribution in [3.63, 3.8) is 0 Å². The second kappa shape index (κ2) is 11.9. The summed E-state index contributed by atoms with van der Waals surface area (Å²) >= 11 is 0. The number of nitrogens with zero attached hydrogens (tertiary/aromatic N) is 1. The molecule has 0 spiro atoms. The summed E-state index contributed by atoms with van der Waals surface area (Å²) in [4.78, 5) is 14.0. The molecule has 1 N–H and O–H groups in total. The number of likely N-dealkylation sites (N-methyl/N-ethyl adjacent to an activating group) is 1. The summed E-state index contributed by atoms with van der Waals surface area (Å²) in [6, 6.07) is 14.2. The second-order valence-corrected chi connectivity index (χ2v) is 6.46. The molecule has 1 aliphatic heterocycles. The molecule has 0 bridgehead atoms. The van der Waals surface area contributed by atoms with Gasteiger partial charge in [0.1, 0.15) is 5.75 Å². The predicted octanol–water partition coefficient (Wildman–Crippen LogP) is 5.46. The van der Waals surface area contributed by atoms with E-state index < -0.39 is 5.60 Å². The third-order valence-electron chi connectivity index (χ3n) is 4.58. The molecule has 0 aromatic heterocycles. The number of rotatable bonds is 3. The highest BCUT2D eigenvalue weighted by atomic mass is 16.5. The molecule has 0 saturated carbocycles. The van der Waals surface area contributed by atoms with Gasteiger partial charge in [0.15, 0.2) is 5.60 Å². The van der Waals surface area contributed by atoms with E-state index in [1.165, 1.54) is 4.90 Å². The molecule has 3 rings (SSSR count). The van der Waals surface area contributed by atoms with Gasteiger partial charge < -0.3 is 14.7 Å². The molecule has 4 nitrogen and oxygen atoms in total. The summed E-state index contributed by atoms with van der Waals surface area (Å²) in [6.07, 6.45) is 9.34. The number of benzene rings is 2. The maximum Gasteiger partial charge on any atom is 0.268 e. The van der Waals surface area contributed by atoms with Crippen LogP contribution in [-0.4, -0.2) is 25.2 Å². The Morgan fingerprint density at radius 2 is 1.59 bits per heavy atom. The number of carbonyl (C=O) groups excluding carboxylic acids is 1. The standard InChI is InChI=1S/C16H15NO3.C5H10.C4H8/c1-17-14-6-4-3-5-13(14)16(19,15(17)18)11-7-9-12(20-2)10-8-11;1-3-5-4-2;1-3-4-2/h3-10,19H,1-2H3;3,5H,4H2,1-2H3;3-4H,1-2H3/b;5-3-;4-3+. The zero-order valence-corrected chi connectivity index (χ0v) is 18.3. The van der Waals surface area contributed by atoms with Crippen LogP contribution in [0.4, 0.5) is 5.69 Å². The maximum absolute atomic E-state index is 12.5. The first-order valence-electron chi connectivity index (χ1n) is 9.85. The van der Waals surface area contributed by atoms with Crippen LogP contribution >= 0.6 is 0 Å². The fourth-order valence-electron chi connectivity index (χ4n) is 2.89. The lowest BCUT2D eigenvalue weighted by Crippen LogP contribution is -2.39. The molecule has 1 heterocycles. The maximum atomic E-state index is 12.5. The Kier molecular flexibility index (Phi) is 9.90. The van der Waals surface area contributed by atoms with Gasteiger partial charge in [-0.25, -0.2) is 0 Å². The van der Waals surface area contributed by atoms with Crippen LogP contribution in [0.25, 0.3) is 0 Å². The average molecular weight is 396 g/mol. The van der Waals surface area contributed by atoms with Crippen molar-refractivity contribution in [2.75, 3.05) is 19.1 Å². The van der Waals surface area contributed by atoms with Gasteiger partial charge in [0, 0.05) is 12.6 Å². The summed E-state index contributed by atoms with van der Waals surface area (Å²) in [5.41, 5.74) is 0.256. The second-order valence-electron chi connectivity index (χ2n) is 6.46. The molecule has 1 atom stereocenters. The molecule has 0 radical (unpaired) electrons. The molecule has 0 saturated heterocycles. The molecule has 1 aliphatic rings. The molecule has 0 aliphatic carbocycles. The lowest BCUT2D eigenvalue weighted by Gasteiger charge is -2.22. The first-order valence-corrected chi connectivity index (χ1v) is 9.85. The van der Waals surface area contributed by atoms with Gasteiger partial charge in [-0.1, -0.05) is 61.6 Å². The van der Waals surface area contributed by atoms with E-state index in [-0.39, 0.29) is 5.91 Å². The van der Waals surface area contributed by atoms with E-state index in [2.05, 4.69) is 19.1 Å². The lowest BCUT2D eigenvalue weighted by molar-refractivity contribution is -0.131. The zero-order valence-electron chi connectivity index (χ0n) is 18.3. The minimum Gasteiger partial charge on any atom is -0.497 e. The summed E-state index contributed by atoms with van der Waals surface area (Å²) in [6.45, 7) is 8.16. The number of fused-ring (bicyclic) bond motifs is 1. The Labute approximate surface area is 175 Å². The van der Waals surface area contributed by atoms with Crippen molar-refractivity contribution in [1.29, 1.82) is 0 Å². The Bertz CT molecular complexity index is 820. The van der Waals surface area contributed by atoms with Crippen LogP contribution in [0.2, 0.25) is 0 Å². The van der Waals surface area contributed by atoms with Crippen LogP contribution in [-0.2, 0) is 10.4 Å². The van der Waals surface area contributed by atoms with Gasteiger partial charge in [0.25, 0.3) is 5.91 Å². The van der Waals surface area contributed by atoms with Crippen molar-refractivity contribution in [3.8, 4) is 5.75 Å². The third-order valence-corrected chi connectivity index (χ3v) is 4.58. The molecular weight excluding hydrogens is 362 g/mol. The van der Waals surface area contributed by atoms with Crippen molar-refractivity contribution in [1.82, 2.24) is 0 Å². The van der Waals surface area contributed by atoms with Gasteiger partial charge >= 0.3 is 0 Å². The van der Waals surface area contributed by atoms with Crippen molar-refractivity contribution in [2.24, 2.45) is 0 Å². The predicted molar refractivity (Wildman–Crippen MR) is 121 cm³/mol. The van der Waals surface area contributed by atoms with E-state index in [1.54, 1.807) is 44.5 Å². The highest BCUT2D eigenvalue weighted by Crippen LogP contribution is 2.43. The van der Waals surface area contributed by atoms with Crippen LogP contribution in [0.15, 0.2) is 72.8 Å². The van der Waals surface area contributed by atoms with E-state index in [9.17, 15) is 9.90 Å². The van der Waals surface area contributed by atoms with Crippen LogP contribution in [0.1, 0.15) is 45.2 Å².